The van der Waals surface area contributed by atoms with Crippen molar-refractivity contribution in [1.29, 1.82) is 0 Å². The van der Waals surface area contributed by atoms with Gasteiger partial charge in [0.2, 0.25) is 10.0 Å². The Balaban J connectivity index is 1.91. The van der Waals surface area contributed by atoms with Gasteiger partial charge >= 0.3 is 0 Å². The van der Waals surface area contributed by atoms with Gasteiger partial charge in [0.25, 0.3) is 11.7 Å². The lowest BCUT2D eigenvalue weighted by atomic mass is 9.95. The van der Waals surface area contributed by atoms with E-state index in [1.807, 2.05) is 0 Å². The molecule has 33 heavy (non-hydrogen) atoms. The van der Waals surface area contributed by atoms with E-state index in [0.29, 0.717) is 10.6 Å². The quantitative estimate of drug-likeness (QED) is 0.331. The van der Waals surface area contributed by atoms with Crippen molar-refractivity contribution in [3.8, 4) is 0 Å². The van der Waals surface area contributed by atoms with Crippen LogP contribution in [0.3, 0.4) is 0 Å². The van der Waals surface area contributed by atoms with E-state index < -0.39 is 39.3 Å². The first-order chi connectivity index (χ1) is 15.6. The summed E-state index contributed by atoms with van der Waals surface area (Å²) in [6, 6.07) is 15.1. The lowest BCUT2D eigenvalue weighted by Crippen LogP contribution is -2.29. The molecule has 0 unspecified atom stereocenters. The van der Waals surface area contributed by atoms with Gasteiger partial charge in [0.1, 0.15) is 11.6 Å². The number of aliphatic hydroxyl groups excluding tert-OH is 1. The second kappa shape index (κ2) is 8.43. The normalized spacial score (nSPS) is 18.0. The van der Waals surface area contributed by atoms with Crippen LogP contribution in [0.4, 0.5) is 10.1 Å². The minimum Gasteiger partial charge on any atom is -0.507 e. The number of Topliss-reactive ketones (excluding diaryl/α,β-unsaturated/α-hetero) is 1. The van der Waals surface area contributed by atoms with Crippen LogP contribution in [-0.4, -0.2) is 25.2 Å². The summed E-state index contributed by atoms with van der Waals surface area (Å²) in [7, 11) is -3.97. The summed E-state index contributed by atoms with van der Waals surface area (Å²) in [5, 5.41) is 16.5. The molecule has 0 spiro atoms. The number of carbonyl (C=O) groups excluding carboxylic acids is 2. The van der Waals surface area contributed by atoms with Crippen LogP contribution in [0.25, 0.3) is 5.76 Å². The van der Waals surface area contributed by atoms with Crippen molar-refractivity contribution < 1.29 is 27.5 Å². The van der Waals surface area contributed by atoms with Crippen molar-refractivity contribution in [2.75, 3.05) is 4.90 Å². The lowest BCUT2D eigenvalue weighted by molar-refractivity contribution is -0.132. The number of primary sulfonamides is 1. The molecule has 1 atom stereocenters. The second-order valence-corrected chi connectivity index (χ2v) is 9.26. The van der Waals surface area contributed by atoms with E-state index in [0.717, 1.165) is 4.90 Å². The minimum atomic E-state index is -3.97. The van der Waals surface area contributed by atoms with E-state index >= 15 is 0 Å². The number of hydrogen-bond acceptors (Lipinski definition) is 5. The number of sulfonamides is 1. The molecular formula is C23H16ClFN2O5S. The number of anilines is 1. The van der Waals surface area contributed by atoms with Crippen LogP contribution in [0.2, 0.25) is 5.02 Å². The molecule has 1 amide bonds. The van der Waals surface area contributed by atoms with Crippen molar-refractivity contribution in [3.05, 3.63) is 100 Å². The Kier molecular flexibility index (Phi) is 5.79. The fourth-order valence-electron chi connectivity index (χ4n) is 3.62. The zero-order valence-electron chi connectivity index (χ0n) is 16.8. The monoisotopic (exact) mass is 486 g/mol. The van der Waals surface area contributed by atoms with Gasteiger partial charge in [0, 0.05) is 16.3 Å². The Morgan fingerprint density at radius 2 is 1.52 bits per heavy atom. The van der Waals surface area contributed by atoms with Gasteiger partial charge in [-0.3, -0.25) is 14.5 Å². The van der Waals surface area contributed by atoms with Crippen LogP contribution in [0.1, 0.15) is 17.2 Å². The zero-order chi connectivity index (χ0) is 23.9. The van der Waals surface area contributed by atoms with E-state index in [9.17, 15) is 27.5 Å². The molecule has 4 rings (SSSR count). The number of rotatable bonds is 4. The molecule has 1 aliphatic rings. The van der Waals surface area contributed by atoms with Gasteiger partial charge in [-0.15, -0.1) is 0 Å². The predicted octanol–water partition coefficient (Wildman–Crippen LogP) is 3.75. The summed E-state index contributed by atoms with van der Waals surface area (Å²) >= 11 is 5.90. The first kappa shape index (κ1) is 22.7. The summed E-state index contributed by atoms with van der Waals surface area (Å²) in [6.07, 6.45) is 0. The highest BCUT2D eigenvalue weighted by atomic mass is 35.5. The molecule has 1 heterocycles. The fourth-order valence-corrected chi connectivity index (χ4v) is 4.26. The van der Waals surface area contributed by atoms with E-state index in [1.165, 1.54) is 72.8 Å². The first-order valence-electron chi connectivity index (χ1n) is 9.53. The Morgan fingerprint density at radius 3 is 2.06 bits per heavy atom. The number of carbonyl (C=O) groups is 2. The Hall–Kier alpha value is -3.53. The summed E-state index contributed by atoms with van der Waals surface area (Å²) < 4.78 is 36.7. The van der Waals surface area contributed by atoms with Gasteiger partial charge in [0.15, 0.2) is 0 Å². The number of hydrogen-bond donors (Lipinski definition) is 2. The number of nitrogens with two attached hydrogens (primary N) is 1. The number of aliphatic hydroxyl groups is 1. The predicted molar refractivity (Wildman–Crippen MR) is 120 cm³/mol. The molecule has 1 saturated heterocycles. The number of amides is 1. The van der Waals surface area contributed by atoms with Crippen LogP contribution in [-0.2, 0) is 19.6 Å². The molecule has 1 fully saturated rings. The molecule has 3 N–H and O–H groups in total. The summed E-state index contributed by atoms with van der Waals surface area (Å²) in [6.45, 7) is 0. The molecule has 0 saturated carbocycles. The number of benzene rings is 3. The van der Waals surface area contributed by atoms with E-state index in [-0.39, 0.29) is 21.7 Å². The molecule has 10 heteroatoms. The first-order valence-corrected chi connectivity index (χ1v) is 11.5. The topological polar surface area (TPSA) is 118 Å². The van der Waals surface area contributed by atoms with Crippen LogP contribution in [0.5, 0.6) is 0 Å². The van der Waals surface area contributed by atoms with Gasteiger partial charge in [0.05, 0.1) is 16.5 Å². The van der Waals surface area contributed by atoms with Crippen molar-refractivity contribution in [2.45, 2.75) is 10.9 Å². The van der Waals surface area contributed by atoms with Crippen molar-refractivity contribution in [2.24, 2.45) is 5.14 Å². The van der Waals surface area contributed by atoms with E-state index in [1.54, 1.807) is 0 Å². The molecule has 7 nitrogen and oxygen atoms in total. The van der Waals surface area contributed by atoms with Gasteiger partial charge in [-0.2, -0.15) is 0 Å². The van der Waals surface area contributed by atoms with E-state index in [4.69, 9.17) is 16.7 Å². The fraction of sp³-hybridized carbons (Fsp3) is 0.0435. The molecular weight excluding hydrogens is 471 g/mol. The van der Waals surface area contributed by atoms with Gasteiger partial charge in [-0.05, 0) is 66.2 Å². The smallest absolute Gasteiger partial charge is 0.300 e. The standard InChI is InChI=1S/C23H16ClFN2O5S/c24-15-5-1-14(2-6-15)21(28)19-20(13-3-7-16(25)8-4-13)27(23(30)22(19)29)17-9-11-18(12-10-17)33(26,31)32/h1-12,20,28H,(H2,26,31,32)/b21-19+/t20-/m1/s1. The maximum atomic E-state index is 13.6. The molecule has 0 radical (unpaired) electrons. The number of ketones is 1. The van der Waals surface area contributed by atoms with Crippen LogP contribution >= 0.6 is 11.6 Å². The Bertz CT molecular complexity index is 1390. The van der Waals surface area contributed by atoms with Gasteiger partial charge < -0.3 is 5.11 Å². The third-order valence-corrected chi connectivity index (χ3v) is 6.37. The van der Waals surface area contributed by atoms with Crippen molar-refractivity contribution >= 4 is 44.8 Å². The van der Waals surface area contributed by atoms with Crippen molar-refractivity contribution in [3.63, 3.8) is 0 Å². The maximum Gasteiger partial charge on any atom is 0.300 e. The molecule has 0 aromatic heterocycles. The molecule has 1 aliphatic heterocycles. The van der Waals surface area contributed by atoms with E-state index in [2.05, 4.69) is 0 Å². The number of nitrogens with zero attached hydrogens (tertiary/aromatic N) is 1. The Labute approximate surface area is 193 Å². The maximum absolute atomic E-state index is 13.6. The highest BCUT2D eigenvalue weighted by Gasteiger charge is 2.47. The van der Waals surface area contributed by atoms with Crippen LogP contribution in [0, 0.1) is 5.82 Å². The van der Waals surface area contributed by atoms with Gasteiger partial charge in [-0.25, -0.2) is 17.9 Å². The summed E-state index contributed by atoms with van der Waals surface area (Å²) in [5.74, 6) is -2.84. The molecule has 0 aliphatic carbocycles. The second-order valence-electron chi connectivity index (χ2n) is 7.27. The number of halogens is 2. The summed E-state index contributed by atoms with van der Waals surface area (Å²) in [4.78, 5) is 27.0. The zero-order valence-corrected chi connectivity index (χ0v) is 18.3. The Morgan fingerprint density at radius 1 is 0.939 bits per heavy atom. The highest BCUT2D eigenvalue weighted by Crippen LogP contribution is 2.42. The third-order valence-electron chi connectivity index (χ3n) is 5.19. The average molecular weight is 487 g/mol. The summed E-state index contributed by atoms with van der Waals surface area (Å²) in [5.41, 5.74) is 0.606. The molecule has 3 aromatic carbocycles. The third kappa shape index (κ3) is 4.25. The lowest BCUT2D eigenvalue weighted by Gasteiger charge is -2.25. The molecule has 168 valence electrons. The van der Waals surface area contributed by atoms with Gasteiger partial charge in [-0.1, -0.05) is 23.7 Å². The van der Waals surface area contributed by atoms with Crippen LogP contribution in [0.15, 0.2) is 83.3 Å². The highest BCUT2D eigenvalue weighted by molar-refractivity contribution is 7.89. The van der Waals surface area contributed by atoms with Crippen molar-refractivity contribution in [1.82, 2.24) is 0 Å². The molecule has 0 bridgehead atoms. The molecule has 3 aromatic rings. The average Bonchev–Trinajstić information content (AvgIpc) is 3.04. The largest absolute Gasteiger partial charge is 0.507 e. The minimum absolute atomic E-state index is 0.178. The van der Waals surface area contributed by atoms with Crippen LogP contribution < -0.4 is 10.0 Å². The SMILES string of the molecule is NS(=O)(=O)c1ccc(N2C(=O)C(=O)/C(=C(/O)c3ccc(Cl)cc3)[C@H]2c2ccc(F)cc2)cc1.